The summed E-state index contributed by atoms with van der Waals surface area (Å²) < 4.78 is 42.6. The smallest absolute Gasteiger partial charge is 0.243 e. The Morgan fingerprint density at radius 3 is 2.29 bits per heavy atom. The normalized spacial score (nSPS) is 19.7. The number of hydrogen-bond acceptors (Lipinski definition) is 8. The number of nitrogens with zero attached hydrogens (tertiary/aromatic N) is 5. The molecule has 2 saturated carbocycles. The van der Waals surface area contributed by atoms with E-state index >= 15 is 0 Å². The van der Waals surface area contributed by atoms with Crippen LogP contribution in [0.2, 0.25) is 5.02 Å². The van der Waals surface area contributed by atoms with Gasteiger partial charge >= 0.3 is 0 Å². The second kappa shape index (κ2) is 8.63. The van der Waals surface area contributed by atoms with Crippen molar-refractivity contribution in [3.05, 3.63) is 47.3 Å². The van der Waals surface area contributed by atoms with Crippen molar-refractivity contribution in [1.82, 2.24) is 24.7 Å². The molecular formula is C23H27ClN6O4S. The largest absolute Gasteiger partial charge is 0.494 e. The number of hydrogen-bond donors (Lipinski definition) is 1. The molecule has 2 aliphatic rings. The number of halogens is 1. The van der Waals surface area contributed by atoms with Crippen LogP contribution in [-0.2, 0) is 10.0 Å². The highest BCUT2D eigenvalue weighted by molar-refractivity contribution is 7.93. The first-order chi connectivity index (χ1) is 16.7. The molecule has 1 spiro atoms. The number of anilines is 1. The first kappa shape index (κ1) is 23.8. The second-order valence-corrected chi connectivity index (χ2v) is 11.7. The summed E-state index contributed by atoms with van der Waals surface area (Å²) in [6.45, 7) is 3.37. The van der Waals surface area contributed by atoms with Gasteiger partial charge in [0.2, 0.25) is 16.0 Å². The average Bonchev–Trinajstić information content (AvgIpc) is 3.75. The number of ether oxygens (including phenoxy) is 2. The van der Waals surface area contributed by atoms with E-state index < -0.39 is 21.2 Å². The molecule has 35 heavy (non-hydrogen) atoms. The Balaban J connectivity index is 1.54. The molecule has 2 aliphatic carbocycles. The van der Waals surface area contributed by atoms with Crippen molar-refractivity contribution in [3.8, 4) is 17.2 Å². The Hall–Kier alpha value is -2.92. The fourth-order valence-electron chi connectivity index (χ4n) is 4.54. The van der Waals surface area contributed by atoms with Crippen LogP contribution >= 0.6 is 11.6 Å². The molecule has 186 valence electrons. The maximum Gasteiger partial charge on any atom is 0.243 e. The fraction of sp³-hybridized carbons (Fsp3) is 0.478. The molecule has 1 N–H and O–H groups in total. The van der Waals surface area contributed by atoms with Crippen molar-refractivity contribution in [2.24, 2.45) is 5.41 Å². The summed E-state index contributed by atoms with van der Waals surface area (Å²) in [7, 11) is -0.799. The fourth-order valence-corrected chi connectivity index (χ4v) is 5.87. The molecule has 3 aromatic rings. The minimum atomic E-state index is -3.91. The van der Waals surface area contributed by atoms with E-state index in [9.17, 15) is 8.42 Å². The molecule has 1 aromatic carbocycles. The van der Waals surface area contributed by atoms with E-state index in [0.717, 1.165) is 19.3 Å². The van der Waals surface area contributed by atoms with Gasteiger partial charge in [0.1, 0.15) is 28.8 Å². The van der Waals surface area contributed by atoms with Crippen molar-refractivity contribution in [3.63, 3.8) is 0 Å². The first-order valence-electron chi connectivity index (χ1n) is 11.4. The van der Waals surface area contributed by atoms with Gasteiger partial charge in [0.25, 0.3) is 0 Å². The van der Waals surface area contributed by atoms with E-state index in [1.54, 1.807) is 44.8 Å². The zero-order valence-electron chi connectivity index (χ0n) is 19.9. The highest BCUT2D eigenvalue weighted by Crippen LogP contribution is 2.75. The summed E-state index contributed by atoms with van der Waals surface area (Å²) in [4.78, 5) is 8.37. The van der Waals surface area contributed by atoms with Gasteiger partial charge in [-0.05, 0) is 43.7 Å². The summed E-state index contributed by atoms with van der Waals surface area (Å²) in [5, 5.41) is 8.22. The van der Waals surface area contributed by atoms with Gasteiger partial charge < -0.3 is 9.47 Å². The molecule has 12 heteroatoms. The van der Waals surface area contributed by atoms with Crippen molar-refractivity contribution < 1.29 is 17.9 Å². The van der Waals surface area contributed by atoms with Crippen molar-refractivity contribution >= 4 is 27.6 Å². The van der Waals surface area contributed by atoms with E-state index in [-0.39, 0.29) is 17.3 Å². The van der Waals surface area contributed by atoms with E-state index in [4.69, 9.17) is 21.1 Å². The molecule has 0 bridgehead atoms. The minimum Gasteiger partial charge on any atom is -0.494 e. The first-order valence-corrected chi connectivity index (χ1v) is 13.3. The van der Waals surface area contributed by atoms with Gasteiger partial charge in [-0.2, -0.15) is 0 Å². The van der Waals surface area contributed by atoms with Crippen LogP contribution in [0.15, 0.2) is 30.6 Å². The Bertz CT molecular complexity index is 1330. The number of aromatic nitrogens is 5. The maximum atomic E-state index is 13.5. The second-order valence-electron chi connectivity index (χ2n) is 9.25. The van der Waals surface area contributed by atoms with E-state index in [2.05, 4.69) is 24.9 Å². The van der Waals surface area contributed by atoms with Crippen LogP contribution in [0.4, 0.5) is 5.95 Å². The number of sulfonamides is 1. The monoisotopic (exact) mass is 518 g/mol. The molecule has 0 radical (unpaired) electrons. The van der Waals surface area contributed by atoms with Crippen LogP contribution < -0.4 is 14.2 Å². The van der Waals surface area contributed by atoms with Crippen LogP contribution in [0.25, 0.3) is 5.69 Å². The third-order valence-electron chi connectivity index (χ3n) is 7.18. The van der Waals surface area contributed by atoms with Crippen molar-refractivity contribution in [2.45, 2.75) is 50.2 Å². The summed E-state index contributed by atoms with van der Waals surface area (Å²) in [5.74, 6) is 1.92. The Morgan fingerprint density at radius 2 is 1.74 bits per heavy atom. The van der Waals surface area contributed by atoms with Gasteiger partial charge in [-0.3, -0.25) is 9.29 Å². The van der Waals surface area contributed by atoms with Gasteiger partial charge in [-0.25, -0.2) is 18.4 Å². The zero-order chi connectivity index (χ0) is 25.0. The molecule has 0 amide bonds. The van der Waals surface area contributed by atoms with Gasteiger partial charge in [-0.1, -0.05) is 24.6 Å². The summed E-state index contributed by atoms with van der Waals surface area (Å²) in [6.07, 6.45) is 6.20. The predicted octanol–water partition coefficient (Wildman–Crippen LogP) is 3.93. The van der Waals surface area contributed by atoms with Crippen molar-refractivity contribution in [2.75, 3.05) is 18.9 Å². The van der Waals surface area contributed by atoms with Gasteiger partial charge in [-0.15, -0.1) is 10.2 Å². The standard InChI is InChI=1S/C23H27ClN6O4S/c1-13(20-25-11-15(24)12-26-20)14(2)35(31,32)29-22-28-27-21(16-10-23(16)8-9-23)30(22)19-17(33-3)6-5-7-18(19)34-4/h5-7,11-14,16H,8-10H2,1-4H3,(H,28,29)/t13-,14-,16+/m0/s1. The lowest BCUT2D eigenvalue weighted by molar-refractivity contribution is 0.390. The number of para-hydroxylation sites is 1. The van der Waals surface area contributed by atoms with E-state index in [1.165, 1.54) is 12.4 Å². The van der Waals surface area contributed by atoms with Gasteiger partial charge in [0.05, 0.1) is 24.5 Å². The molecule has 2 aromatic heterocycles. The maximum absolute atomic E-state index is 13.5. The third kappa shape index (κ3) is 4.20. The van der Waals surface area contributed by atoms with Crippen LogP contribution in [0, 0.1) is 5.41 Å². The molecule has 2 heterocycles. The minimum absolute atomic E-state index is 0.0848. The highest BCUT2D eigenvalue weighted by Gasteiger charge is 2.65. The summed E-state index contributed by atoms with van der Waals surface area (Å²) in [5.41, 5.74) is 0.823. The van der Waals surface area contributed by atoms with E-state index in [1.807, 2.05) is 6.07 Å². The number of benzene rings is 1. The van der Waals surface area contributed by atoms with Crippen LogP contribution in [-0.4, -0.2) is 52.6 Å². The van der Waals surface area contributed by atoms with Gasteiger partial charge in [0.15, 0.2) is 0 Å². The summed E-state index contributed by atoms with van der Waals surface area (Å²) >= 11 is 5.88. The highest BCUT2D eigenvalue weighted by atomic mass is 35.5. The molecule has 0 aliphatic heterocycles. The number of nitrogens with one attached hydrogen (secondary N) is 1. The molecular weight excluding hydrogens is 492 g/mol. The summed E-state index contributed by atoms with van der Waals surface area (Å²) in [6, 6.07) is 5.40. The zero-order valence-corrected chi connectivity index (χ0v) is 21.5. The topological polar surface area (TPSA) is 121 Å². The SMILES string of the molecule is COc1cccc(OC)c1-n1c(NS(=O)(=O)[C@@H](C)[C@H](C)c2ncc(Cl)cn2)nnc1[C@H]1CC12CC2. The lowest BCUT2D eigenvalue weighted by Gasteiger charge is -2.21. The Kier molecular flexibility index (Phi) is 5.87. The third-order valence-corrected chi connectivity index (χ3v) is 9.23. The van der Waals surface area contributed by atoms with Crippen LogP contribution in [0.1, 0.15) is 56.6 Å². The van der Waals surface area contributed by atoms with Crippen molar-refractivity contribution in [1.29, 1.82) is 0 Å². The molecule has 0 saturated heterocycles. The number of rotatable bonds is 9. The predicted molar refractivity (Wildman–Crippen MR) is 131 cm³/mol. The molecule has 10 nitrogen and oxygen atoms in total. The number of methoxy groups -OCH3 is 2. The molecule has 2 fully saturated rings. The quantitative estimate of drug-likeness (QED) is 0.452. The lowest BCUT2D eigenvalue weighted by atomic mass is 10.1. The molecule has 5 rings (SSSR count). The Labute approximate surface area is 209 Å². The van der Waals surface area contributed by atoms with Crippen LogP contribution in [0.3, 0.4) is 0 Å². The Morgan fingerprint density at radius 1 is 1.11 bits per heavy atom. The van der Waals surface area contributed by atoms with Gasteiger partial charge in [0, 0.05) is 24.2 Å². The average molecular weight is 519 g/mol. The van der Waals surface area contributed by atoms with E-state index in [0.29, 0.717) is 33.9 Å². The lowest BCUT2D eigenvalue weighted by Crippen LogP contribution is -2.31. The van der Waals surface area contributed by atoms with Crippen LogP contribution in [0.5, 0.6) is 11.5 Å². The molecule has 0 unspecified atom stereocenters. The molecule has 3 atom stereocenters.